The zero-order chi connectivity index (χ0) is 24.4. The largest absolute Gasteiger partial charge is 0.481 e. The van der Waals surface area contributed by atoms with Crippen LogP contribution < -0.4 is 0 Å². The third-order valence-electron chi connectivity index (χ3n) is 5.02. The first-order valence-corrected chi connectivity index (χ1v) is 10.3. The normalized spacial score (nSPS) is 12.2. The fourth-order valence-electron chi connectivity index (χ4n) is 3.31. The Labute approximate surface area is 191 Å². The van der Waals surface area contributed by atoms with Crippen LogP contribution in [-0.4, -0.2) is 34.1 Å². The number of esters is 2. The molecule has 0 bridgehead atoms. The molecule has 0 heterocycles. The molecule has 0 radical (unpaired) electrons. The van der Waals surface area contributed by atoms with E-state index < -0.39 is 47.7 Å². The van der Waals surface area contributed by atoms with E-state index in [0.29, 0.717) is 0 Å². The lowest BCUT2D eigenvalue weighted by molar-refractivity contribution is -0.150. The SMILES string of the molecule is CC(C(=O)OCc1ccccc1)C(=C(CC(=O)O)C(=O)O)C(C)C(=O)OCc1ccccc1. The maximum Gasteiger partial charge on any atom is 0.332 e. The van der Waals surface area contributed by atoms with Crippen LogP contribution in [0.15, 0.2) is 71.8 Å². The Bertz CT molecular complexity index is 948. The van der Waals surface area contributed by atoms with E-state index in [2.05, 4.69) is 0 Å². The summed E-state index contributed by atoms with van der Waals surface area (Å²) < 4.78 is 10.6. The second-order valence-electron chi connectivity index (χ2n) is 7.44. The maximum absolute atomic E-state index is 12.7. The Balaban J connectivity index is 2.27. The van der Waals surface area contributed by atoms with Gasteiger partial charge in [-0.1, -0.05) is 60.7 Å². The third-order valence-corrected chi connectivity index (χ3v) is 5.02. The van der Waals surface area contributed by atoms with Crippen molar-refractivity contribution in [2.24, 2.45) is 11.8 Å². The Kier molecular flexibility index (Phi) is 9.35. The zero-order valence-electron chi connectivity index (χ0n) is 18.4. The smallest absolute Gasteiger partial charge is 0.332 e. The van der Waals surface area contributed by atoms with Crippen LogP contribution in [0.1, 0.15) is 31.4 Å². The summed E-state index contributed by atoms with van der Waals surface area (Å²) in [6.07, 6.45) is -0.864. The molecule has 2 N–H and O–H groups in total. The van der Waals surface area contributed by atoms with Crippen LogP contribution in [0.3, 0.4) is 0 Å². The first-order valence-electron chi connectivity index (χ1n) is 10.3. The standard InChI is InChI=1S/C25H26O8/c1-16(24(30)32-14-18-9-5-3-6-10-18)22(20(23(28)29)13-21(26)27)17(2)25(31)33-15-19-11-7-4-8-12-19/h3-12,16-17H,13-15H2,1-2H3,(H,26,27)(H,28,29). The number of aliphatic carboxylic acids is 2. The average Bonchev–Trinajstić information content (AvgIpc) is 2.81. The number of hydrogen-bond donors (Lipinski definition) is 2. The van der Waals surface area contributed by atoms with Crippen LogP contribution in [0.4, 0.5) is 0 Å². The molecule has 8 heteroatoms. The molecule has 33 heavy (non-hydrogen) atoms. The minimum Gasteiger partial charge on any atom is -0.481 e. The zero-order valence-corrected chi connectivity index (χ0v) is 18.4. The van der Waals surface area contributed by atoms with Gasteiger partial charge in [0.25, 0.3) is 0 Å². The fraction of sp³-hybridized carbons (Fsp3) is 0.280. The topological polar surface area (TPSA) is 127 Å². The quantitative estimate of drug-likeness (QED) is 0.389. The van der Waals surface area contributed by atoms with Gasteiger partial charge >= 0.3 is 23.9 Å². The molecule has 174 valence electrons. The number of carbonyl (C=O) groups excluding carboxylic acids is 2. The lowest BCUT2D eigenvalue weighted by Crippen LogP contribution is -2.29. The highest BCUT2D eigenvalue weighted by Gasteiger charge is 2.34. The number of carbonyl (C=O) groups is 4. The van der Waals surface area contributed by atoms with Crippen LogP contribution >= 0.6 is 0 Å². The highest BCUT2D eigenvalue weighted by Crippen LogP contribution is 2.29. The van der Waals surface area contributed by atoms with Crippen molar-refractivity contribution >= 4 is 23.9 Å². The molecule has 0 aliphatic heterocycles. The number of ether oxygens (including phenoxy) is 2. The second-order valence-corrected chi connectivity index (χ2v) is 7.44. The van der Waals surface area contributed by atoms with Gasteiger partial charge in [0.05, 0.1) is 18.3 Å². The molecule has 2 aromatic carbocycles. The number of benzene rings is 2. The van der Waals surface area contributed by atoms with E-state index in [1.165, 1.54) is 13.8 Å². The molecule has 2 unspecified atom stereocenters. The number of carboxylic acid groups (broad SMARTS) is 2. The molecule has 0 spiro atoms. The minimum atomic E-state index is -1.53. The summed E-state index contributed by atoms with van der Waals surface area (Å²) in [7, 11) is 0. The molecule has 0 fully saturated rings. The van der Waals surface area contributed by atoms with Crippen LogP contribution in [0.25, 0.3) is 0 Å². The van der Waals surface area contributed by atoms with Crippen molar-refractivity contribution < 1.29 is 38.9 Å². The van der Waals surface area contributed by atoms with E-state index in [-0.39, 0.29) is 18.8 Å². The molecule has 8 nitrogen and oxygen atoms in total. The monoisotopic (exact) mass is 454 g/mol. The van der Waals surface area contributed by atoms with Gasteiger partial charge in [0, 0.05) is 5.57 Å². The summed E-state index contributed by atoms with van der Waals surface area (Å²) in [6.45, 7) is 2.67. The van der Waals surface area contributed by atoms with Crippen molar-refractivity contribution in [1.29, 1.82) is 0 Å². The predicted octanol–water partition coefficient (Wildman–Crippen LogP) is 3.60. The molecule has 0 amide bonds. The molecule has 0 aliphatic rings. The van der Waals surface area contributed by atoms with E-state index in [1.807, 2.05) is 12.1 Å². The number of hydrogen-bond acceptors (Lipinski definition) is 6. The van der Waals surface area contributed by atoms with Crippen LogP contribution in [0.2, 0.25) is 0 Å². The average molecular weight is 454 g/mol. The Morgan fingerprint density at radius 2 is 1.12 bits per heavy atom. The van der Waals surface area contributed by atoms with Crippen molar-refractivity contribution in [1.82, 2.24) is 0 Å². The summed E-state index contributed by atoms with van der Waals surface area (Å²) in [5.41, 5.74) is 0.752. The second kappa shape index (κ2) is 12.2. The van der Waals surface area contributed by atoms with Gasteiger partial charge in [-0.3, -0.25) is 14.4 Å². The minimum absolute atomic E-state index is 0.0501. The molecular weight excluding hydrogens is 428 g/mol. The summed E-state index contributed by atoms with van der Waals surface area (Å²) in [5.74, 6) is -6.85. The van der Waals surface area contributed by atoms with Gasteiger partial charge in [0.15, 0.2) is 0 Å². The summed E-state index contributed by atoms with van der Waals surface area (Å²) in [5, 5.41) is 18.8. The van der Waals surface area contributed by atoms with E-state index in [9.17, 15) is 29.4 Å². The van der Waals surface area contributed by atoms with Crippen molar-refractivity contribution in [3.8, 4) is 0 Å². The Morgan fingerprint density at radius 3 is 1.45 bits per heavy atom. The van der Waals surface area contributed by atoms with E-state index in [1.54, 1.807) is 48.5 Å². The number of rotatable bonds is 11. The van der Waals surface area contributed by atoms with E-state index in [4.69, 9.17) is 9.47 Å². The van der Waals surface area contributed by atoms with Gasteiger partial charge in [-0.15, -0.1) is 0 Å². The molecule has 0 aliphatic carbocycles. The highest BCUT2D eigenvalue weighted by atomic mass is 16.5. The fourth-order valence-corrected chi connectivity index (χ4v) is 3.31. The van der Waals surface area contributed by atoms with Crippen LogP contribution in [-0.2, 0) is 41.9 Å². The summed E-state index contributed by atoms with van der Waals surface area (Å²) >= 11 is 0. The molecule has 2 aromatic rings. The van der Waals surface area contributed by atoms with Gasteiger partial charge in [-0.05, 0) is 30.5 Å². The first kappa shape index (κ1) is 25.3. The van der Waals surface area contributed by atoms with Crippen LogP contribution in [0, 0.1) is 11.8 Å². The van der Waals surface area contributed by atoms with Gasteiger partial charge in [-0.25, -0.2) is 4.79 Å². The van der Waals surface area contributed by atoms with Gasteiger partial charge in [0.2, 0.25) is 0 Å². The third kappa shape index (κ3) is 7.60. The van der Waals surface area contributed by atoms with Crippen molar-refractivity contribution in [3.05, 3.63) is 82.9 Å². The van der Waals surface area contributed by atoms with E-state index >= 15 is 0 Å². The van der Waals surface area contributed by atoms with Crippen molar-refractivity contribution in [2.45, 2.75) is 33.5 Å². The molecule has 0 aromatic heterocycles. The molecule has 0 saturated heterocycles. The lowest BCUT2D eigenvalue weighted by Gasteiger charge is -2.23. The molecule has 2 rings (SSSR count). The Hall–Kier alpha value is -3.94. The first-order chi connectivity index (χ1) is 15.7. The molecule has 0 saturated carbocycles. The van der Waals surface area contributed by atoms with Gasteiger partial charge in [0.1, 0.15) is 13.2 Å². The number of carboxylic acids is 2. The highest BCUT2D eigenvalue weighted by molar-refractivity contribution is 5.96. The maximum atomic E-state index is 12.7. The van der Waals surface area contributed by atoms with Gasteiger partial charge < -0.3 is 19.7 Å². The van der Waals surface area contributed by atoms with Crippen molar-refractivity contribution in [2.75, 3.05) is 0 Å². The molecular formula is C25H26O8. The van der Waals surface area contributed by atoms with Gasteiger partial charge in [-0.2, -0.15) is 0 Å². The molecule has 2 atom stereocenters. The summed E-state index contributed by atoms with van der Waals surface area (Å²) in [6, 6.07) is 17.7. The van der Waals surface area contributed by atoms with Crippen molar-refractivity contribution in [3.63, 3.8) is 0 Å². The lowest BCUT2D eigenvalue weighted by atomic mass is 9.84. The summed E-state index contributed by atoms with van der Waals surface area (Å²) in [4.78, 5) is 48.6. The Morgan fingerprint density at radius 1 is 0.727 bits per heavy atom. The van der Waals surface area contributed by atoms with Crippen LogP contribution in [0.5, 0.6) is 0 Å². The van der Waals surface area contributed by atoms with E-state index in [0.717, 1.165) is 11.1 Å². The predicted molar refractivity (Wildman–Crippen MR) is 118 cm³/mol.